The number of ketones is 2. The van der Waals surface area contributed by atoms with Crippen molar-refractivity contribution in [1.82, 2.24) is 10.6 Å². The Morgan fingerprint density at radius 3 is 2.49 bits per heavy atom. The fourth-order valence-electron chi connectivity index (χ4n) is 4.24. The number of carboxylic acid groups (broad SMARTS) is 1. The molecule has 2 rings (SSSR count). The second kappa shape index (κ2) is 12.2. The predicted molar refractivity (Wildman–Crippen MR) is 132 cm³/mol. The first-order valence-electron chi connectivity index (χ1n) is 11.4. The minimum Gasteiger partial charge on any atom is -0.481 e. The van der Waals surface area contributed by atoms with Gasteiger partial charge in [0, 0.05) is 18.8 Å². The summed E-state index contributed by atoms with van der Waals surface area (Å²) in [4.78, 5) is 52.7. The molecule has 1 aliphatic heterocycles. The third-order valence-electron chi connectivity index (χ3n) is 6.15. The van der Waals surface area contributed by atoms with Crippen LogP contribution < -0.4 is 27.0 Å². The van der Waals surface area contributed by atoms with E-state index in [0.29, 0.717) is 25.1 Å². The number of rotatable bonds is 12. The number of carboxylic acids is 1. The summed E-state index contributed by atoms with van der Waals surface area (Å²) in [6, 6.07) is 8.02. The Hall–Kier alpha value is -3.57. The van der Waals surface area contributed by atoms with Crippen LogP contribution in [-0.2, 0) is 19.2 Å². The standard InChI is InChI=1S/C24H34N6O5/c1-15(31)24(27,21(34)19(28-2)9-6-11-29-23(25)26)17-10-12-30(18-7-4-3-5-8-18)22(35)16(13-17)14-20(32)33/h3-5,7-8,13,16,19,28H,6,9-12,14,27H2,1-2H3,(H,32,33)(H4,25,26,29). The number of benzene rings is 1. The molecule has 0 aliphatic carbocycles. The summed E-state index contributed by atoms with van der Waals surface area (Å²) in [5.41, 5.74) is 10.6. The quantitative estimate of drug-likeness (QED) is 0.0784. The molecule has 1 aromatic carbocycles. The minimum absolute atomic E-state index is 0.126. The van der Waals surface area contributed by atoms with Crippen molar-refractivity contribution in [2.75, 3.05) is 25.0 Å². The summed E-state index contributed by atoms with van der Waals surface area (Å²) in [7, 11) is 1.58. The van der Waals surface area contributed by atoms with Crippen LogP contribution in [0.3, 0.4) is 0 Å². The molecule has 3 unspecified atom stereocenters. The largest absolute Gasteiger partial charge is 0.481 e. The van der Waals surface area contributed by atoms with Crippen molar-refractivity contribution in [2.24, 2.45) is 17.4 Å². The lowest BCUT2D eigenvalue weighted by Crippen LogP contribution is -2.61. The van der Waals surface area contributed by atoms with Crippen molar-refractivity contribution < 1.29 is 24.3 Å². The van der Waals surface area contributed by atoms with Gasteiger partial charge < -0.3 is 32.1 Å². The highest BCUT2D eigenvalue weighted by Gasteiger charge is 2.46. The fraction of sp³-hybridized carbons (Fsp3) is 0.458. The van der Waals surface area contributed by atoms with Gasteiger partial charge in [0.05, 0.1) is 18.4 Å². The number of carbonyl (C=O) groups excluding carboxylic acids is 3. The van der Waals surface area contributed by atoms with Gasteiger partial charge >= 0.3 is 5.97 Å². The molecule has 3 atom stereocenters. The molecule has 1 aliphatic rings. The van der Waals surface area contributed by atoms with Gasteiger partial charge in [-0.15, -0.1) is 0 Å². The zero-order valence-corrected chi connectivity index (χ0v) is 20.0. The van der Waals surface area contributed by atoms with E-state index in [1.807, 2.05) is 0 Å². The number of nitrogens with one attached hydrogen (secondary N) is 3. The number of likely N-dealkylation sites (N-methyl/N-ethyl adjacent to an activating group) is 1. The van der Waals surface area contributed by atoms with Gasteiger partial charge in [-0.1, -0.05) is 24.3 Å². The maximum atomic E-state index is 13.6. The number of aliphatic carboxylic acids is 1. The van der Waals surface area contributed by atoms with E-state index in [9.17, 15) is 24.3 Å². The second-order valence-electron chi connectivity index (χ2n) is 8.52. The molecule has 0 spiro atoms. The number of nitrogens with two attached hydrogens (primary N) is 2. The minimum atomic E-state index is -2.02. The molecule has 0 saturated heterocycles. The second-order valence-corrected chi connectivity index (χ2v) is 8.52. The van der Waals surface area contributed by atoms with Crippen molar-refractivity contribution in [2.45, 2.75) is 44.2 Å². The molecule has 0 aromatic heterocycles. The van der Waals surface area contributed by atoms with Crippen LogP contribution in [0.15, 0.2) is 42.0 Å². The zero-order chi connectivity index (χ0) is 26.2. The van der Waals surface area contributed by atoms with Crippen molar-refractivity contribution in [3.05, 3.63) is 42.0 Å². The molecule has 8 N–H and O–H groups in total. The van der Waals surface area contributed by atoms with E-state index >= 15 is 0 Å². The Morgan fingerprint density at radius 2 is 1.94 bits per heavy atom. The SMILES string of the molecule is CNC(CCCNC(=N)N)C(=O)C(N)(C(C)=O)C1=CC(CC(=O)O)C(=O)N(c2ccccc2)CC1. The van der Waals surface area contributed by atoms with Crippen molar-refractivity contribution in [1.29, 1.82) is 5.41 Å². The van der Waals surface area contributed by atoms with Crippen LogP contribution in [0, 0.1) is 11.3 Å². The van der Waals surface area contributed by atoms with Gasteiger partial charge in [0.1, 0.15) is 0 Å². The zero-order valence-electron chi connectivity index (χ0n) is 20.0. The number of guanidine groups is 1. The average molecular weight is 487 g/mol. The number of hydrogen-bond donors (Lipinski definition) is 6. The highest BCUT2D eigenvalue weighted by Crippen LogP contribution is 2.31. The van der Waals surface area contributed by atoms with Crippen molar-refractivity contribution in [3.8, 4) is 0 Å². The lowest BCUT2D eigenvalue weighted by Gasteiger charge is -2.32. The lowest BCUT2D eigenvalue weighted by atomic mass is 9.76. The highest BCUT2D eigenvalue weighted by molar-refractivity contribution is 6.16. The molecule has 190 valence electrons. The maximum Gasteiger partial charge on any atom is 0.304 e. The first kappa shape index (κ1) is 27.7. The van der Waals surface area contributed by atoms with E-state index in [1.165, 1.54) is 17.9 Å². The summed E-state index contributed by atoms with van der Waals surface area (Å²) in [5, 5.41) is 22.2. The first-order chi connectivity index (χ1) is 16.5. The molecule has 0 bridgehead atoms. The highest BCUT2D eigenvalue weighted by atomic mass is 16.4. The van der Waals surface area contributed by atoms with Crippen LogP contribution in [0.1, 0.15) is 32.6 Å². The Kier molecular flexibility index (Phi) is 9.67. The fourth-order valence-corrected chi connectivity index (χ4v) is 4.24. The van der Waals surface area contributed by atoms with E-state index in [0.717, 1.165) is 0 Å². The molecule has 0 radical (unpaired) electrons. The third-order valence-corrected chi connectivity index (χ3v) is 6.15. The summed E-state index contributed by atoms with van der Waals surface area (Å²) >= 11 is 0. The number of nitrogens with zero attached hydrogens (tertiary/aromatic N) is 1. The van der Waals surface area contributed by atoms with Crippen LogP contribution in [0.5, 0.6) is 0 Å². The summed E-state index contributed by atoms with van der Waals surface area (Å²) < 4.78 is 0. The van der Waals surface area contributed by atoms with Gasteiger partial charge in [-0.2, -0.15) is 0 Å². The Bertz CT molecular complexity index is 995. The van der Waals surface area contributed by atoms with Crippen LogP contribution in [0.4, 0.5) is 5.69 Å². The number of anilines is 1. The van der Waals surface area contributed by atoms with Gasteiger partial charge in [0.2, 0.25) is 5.91 Å². The Labute approximate surface area is 204 Å². The summed E-state index contributed by atoms with van der Waals surface area (Å²) in [6.07, 6.45) is 1.82. The van der Waals surface area contributed by atoms with Gasteiger partial charge in [-0.25, -0.2) is 0 Å². The van der Waals surface area contributed by atoms with Crippen molar-refractivity contribution >= 4 is 35.1 Å². The molecule has 11 nitrogen and oxygen atoms in total. The Morgan fingerprint density at radius 1 is 1.29 bits per heavy atom. The monoisotopic (exact) mass is 486 g/mol. The van der Waals surface area contributed by atoms with E-state index in [2.05, 4.69) is 10.6 Å². The number of amides is 1. The molecular formula is C24H34N6O5. The van der Waals surface area contributed by atoms with E-state index in [4.69, 9.17) is 16.9 Å². The number of hydrogen-bond acceptors (Lipinski definition) is 7. The normalized spacial score (nSPS) is 18.6. The molecule has 35 heavy (non-hydrogen) atoms. The van der Waals surface area contributed by atoms with Gasteiger partial charge in [0.25, 0.3) is 0 Å². The molecular weight excluding hydrogens is 452 g/mol. The predicted octanol–water partition coefficient (Wildman–Crippen LogP) is 0.147. The lowest BCUT2D eigenvalue weighted by molar-refractivity contribution is -0.139. The van der Waals surface area contributed by atoms with E-state index < -0.39 is 47.4 Å². The summed E-state index contributed by atoms with van der Waals surface area (Å²) in [6.45, 7) is 1.72. The van der Waals surface area contributed by atoms with Crippen LogP contribution in [-0.4, -0.2) is 66.2 Å². The van der Waals surface area contributed by atoms with Crippen LogP contribution in [0.2, 0.25) is 0 Å². The van der Waals surface area contributed by atoms with Gasteiger partial charge in [-0.3, -0.25) is 24.6 Å². The van der Waals surface area contributed by atoms with Crippen molar-refractivity contribution in [3.63, 3.8) is 0 Å². The van der Waals surface area contributed by atoms with Crippen LogP contribution in [0.25, 0.3) is 0 Å². The van der Waals surface area contributed by atoms with Gasteiger partial charge in [0.15, 0.2) is 23.1 Å². The number of carbonyl (C=O) groups is 4. The summed E-state index contributed by atoms with van der Waals surface area (Å²) in [5.74, 6) is -4.05. The first-order valence-corrected chi connectivity index (χ1v) is 11.4. The number of Topliss-reactive ketones (excluding diaryl/α,β-unsaturated/α-hetero) is 2. The molecule has 1 aromatic rings. The van der Waals surface area contributed by atoms with Gasteiger partial charge in [-0.05, 0) is 50.9 Å². The molecule has 1 amide bonds. The average Bonchev–Trinajstić information content (AvgIpc) is 2.97. The topological polar surface area (TPSA) is 192 Å². The molecule has 1 heterocycles. The molecule has 0 saturated carbocycles. The molecule has 11 heteroatoms. The van der Waals surface area contributed by atoms with E-state index in [1.54, 1.807) is 37.4 Å². The third kappa shape index (κ3) is 6.74. The van der Waals surface area contributed by atoms with E-state index in [-0.39, 0.29) is 24.5 Å². The van der Waals surface area contributed by atoms with Crippen LogP contribution >= 0.6 is 0 Å². The maximum absolute atomic E-state index is 13.6. The number of para-hydroxylation sites is 1. The molecule has 0 fully saturated rings. The Balaban J connectivity index is 2.41. The smallest absolute Gasteiger partial charge is 0.304 e.